The summed E-state index contributed by atoms with van der Waals surface area (Å²) in [6, 6.07) is 4.45. The first-order valence-electron chi connectivity index (χ1n) is 10.2. The molecule has 2 heterocycles. The minimum absolute atomic E-state index is 0.00388. The highest BCUT2D eigenvalue weighted by atomic mass is 35.5. The number of fused-ring (bicyclic) bond motifs is 3. The molecule has 0 spiro atoms. The van der Waals surface area contributed by atoms with E-state index in [-0.39, 0.29) is 23.1 Å². The molecule has 0 unspecified atom stereocenters. The van der Waals surface area contributed by atoms with Crippen molar-refractivity contribution in [1.29, 1.82) is 0 Å². The van der Waals surface area contributed by atoms with Gasteiger partial charge in [-0.05, 0) is 47.8 Å². The molecular weight excluding hydrogens is 424 g/mol. The molecule has 4 rings (SSSR count). The Morgan fingerprint density at radius 1 is 1.29 bits per heavy atom. The molecule has 1 aliphatic carbocycles. The number of carbonyl (C=O) groups excluding carboxylic acids is 3. The Labute approximate surface area is 184 Å². The average molecular weight is 448 g/mol. The van der Waals surface area contributed by atoms with E-state index in [1.165, 1.54) is 12.1 Å². The minimum Gasteiger partial charge on any atom is -0.508 e. The Morgan fingerprint density at radius 2 is 2.00 bits per heavy atom. The molecule has 2 N–H and O–H groups in total. The molecule has 0 saturated carbocycles. The number of likely N-dealkylation sites (tertiary alicyclic amines) is 1. The SMILES string of the molecule is COC(=O)N1C(=O)[C@H]2[C@H](CC(C(C)C)=C3B(O)O[C@H](c4ccc(O)cc4Cl)C[C@H]32)C1=O. The number of ether oxygens (including phenoxy) is 1. The van der Waals surface area contributed by atoms with Crippen LogP contribution in [0.25, 0.3) is 0 Å². The van der Waals surface area contributed by atoms with E-state index in [0.717, 1.165) is 12.7 Å². The van der Waals surface area contributed by atoms with Crippen LogP contribution in [0.3, 0.4) is 0 Å². The van der Waals surface area contributed by atoms with Gasteiger partial charge in [0.2, 0.25) is 11.8 Å². The van der Waals surface area contributed by atoms with Crippen molar-refractivity contribution in [2.75, 3.05) is 7.11 Å². The quantitative estimate of drug-likeness (QED) is 0.529. The van der Waals surface area contributed by atoms with Crippen molar-refractivity contribution in [3.8, 4) is 5.75 Å². The molecule has 8 nitrogen and oxygen atoms in total. The summed E-state index contributed by atoms with van der Waals surface area (Å²) in [4.78, 5) is 38.8. The van der Waals surface area contributed by atoms with Gasteiger partial charge in [-0.15, -0.1) is 0 Å². The number of aromatic hydroxyl groups is 1. The van der Waals surface area contributed by atoms with Gasteiger partial charge in [-0.25, -0.2) is 4.79 Å². The van der Waals surface area contributed by atoms with Crippen LogP contribution in [-0.4, -0.2) is 47.2 Å². The summed E-state index contributed by atoms with van der Waals surface area (Å²) >= 11 is 6.29. The van der Waals surface area contributed by atoms with Crippen LogP contribution in [0.5, 0.6) is 5.75 Å². The van der Waals surface area contributed by atoms with Gasteiger partial charge in [-0.3, -0.25) is 9.59 Å². The van der Waals surface area contributed by atoms with Gasteiger partial charge in [0.05, 0.1) is 25.0 Å². The second-order valence-electron chi connectivity index (χ2n) is 8.48. The zero-order chi connectivity index (χ0) is 22.6. The van der Waals surface area contributed by atoms with E-state index in [2.05, 4.69) is 4.74 Å². The number of benzene rings is 1. The molecule has 3 aliphatic rings. The molecule has 4 atom stereocenters. The Morgan fingerprint density at radius 3 is 2.61 bits per heavy atom. The molecule has 2 saturated heterocycles. The van der Waals surface area contributed by atoms with Crippen LogP contribution in [-0.2, 0) is 19.0 Å². The van der Waals surface area contributed by atoms with Crippen LogP contribution in [0.2, 0.25) is 5.02 Å². The Kier molecular flexibility index (Phi) is 5.62. The van der Waals surface area contributed by atoms with Gasteiger partial charge in [0.25, 0.3) is 0 Å². The Hall–Kier alpha value is -2.36. The predicted octanol–water partition coefficient (Wildman–Crippen LogP) is 2.87. The maximum Gasteiger partial charge on any atom is 0.487 e. The number of hydrogen-bond donors (Lipinski definition) is 2. The first-order chi connectivity index (χ1) is 14.6. The van der Waals surface area contributed by atoms with Crippen LogP contribution in [0.1, 0.15) is 38.4 Å². The largest absolute Gasteiger partial charge is 0.508 e. The topological polar surface area (TPSA) is 113 Å². The Balaban J connectivity index is 1.78. The van der Waals surface area contributed by atoms with Crippen molar-refractivity contribution in [3.63, 3.8) is 0 Å². The summed E-state index contributed by atoms with van der Waals surface area (Å²) < 4.78 is 10.5. The fraction of sp³-hybridized carbons (Fsp3) is 0.476. The molecule has 2 aliphatic heterocycles. The number of amides is 3. The molecule has 1 aromatic carbocycles. The summed E-state index contributed by atoms with van der Waals surface area (Å²) in [5.74, 6) is -3.16. The van der Waals surface area contributed by atoms with Crippen molar-refractivity contribution in [1.82, 2.24) is 4.90 Å². The van der Waals surface area contributed by atoms with Gasteiger partial charge in [0.1, 0.15) is 5.75 Å². The van der Waals surface area contributed by atoms with Crippen molar-refractivity contribution in [3.05, 3.63) is 39.8 Å². The number of methoxy groups -OCH3 is 1. The molecule has 31 heavy (non-hydrogen) atoms. The standard InChI is InChI=1S/C21H23BClNO7/c1-9(2)12-7-14-17(20(27)24(19(14)26)21(28)30-3)13-8-16(31-22(29)18(12)13)11-5-4-10(25)6-15(11)23/h4-6,9,13-14,16-17,25,29H,7-8H2,1-3H3/t13-,14-,16-,17+/m0/s1. The lowest BCUT2D eigenvalue weighted by molar-refractivity contribution is -0.137. The van der Waals surface area contributed by atoms with E-state index < -0.39 is 48.9 Å². The van der Waals surface area contributed by atoms with Gasteiger partial charge < -0.3 is 19.5 Å². The van der Waals surface area contributed by atoms with Gasteiger partial charge in [0, 0.05) is 5.02 Å². The molecule has 0 bridgehead atoms. The molecule has 2 fully saturated rings. The highest BCUT2D eigenvalue weighted by Gasteiger charge is 2.59. The number of halogens is 1. The molecular formula is C21H23BClNO7. The van der Waals surface area contributed by atoms with Crippen molar-refractivity contribution < 1.29 is 33.9 Å². The lowest BCUT2D eigenvalue weighted by Gasteiger charge is -2.43. The zero-order valence-electron chi connectivity index (χ0n) is 17.4. The number of carbonyl (C=O) groups is 3. The lowest BCUT2D eigenvalue weighted by atomic mass is 9.54. The van der Waals surface area contributed by atoms with Crippen LogP contribution in [0.4, 0.5) is 4.79 Å². The number of phenols is 1. The molecule has 3 amide bonds. The van der Waals surface area contributed by atoms with Crippen LogP contribution < -0.4 is 0 Å². The first-order valence-corrected chi connectivity index (χ1v) is 10.5. The normalized spacial score (nSPS) is 28.2. The lowest BCUT2D eigenvalue weighted by Crippen LogP contribution is -2.45. The third kappa shape index (κ3) is 3.45. The van der Waals surface area contributed by atoms with Crippen LogP contribution >= 0.6 is 11.6 Å². The van der Waals surface area contributed by atoms with Crippen molar-refractivity contribution in [2.24, 2.45) is 23.7 Å². The van der Waals surface area contributed by atoms with Gasteiger partial charge >= 0.3 is 13.2 Å². The fourth-order valence-corrected chi connectivity index (χ4v) is 5.45. The van der Waals surface area contributed by atoms with Crippen molar-refractivity contribution in [2.45, 2.75) is 32.8 Å². The molecule has 0 aromatic heterocycles. The van der Waals surface area contributed by atoms with E-state index in [9.17, 15) is 24.5 Å². The minimum atomic E-state index is -1.28. The van der Waals surface area contributed by atoms with Crippen LogP contribution in [0, 0.1) is 23.7 Å². The smallest absolute Gasteiger partial charge is 0.487 e. The number of phenolic OH excluding ortho intramolecular Hbond substituents is 1. The number of hydrogen-bond acceptors (Lipinski definition) is 7. The second-order valence-corrected chi connectivity index (χ2v) is 8.89. The fourth-order valence-electron chi connectivity index (χ4n) is 5.15. The summed E-state index contributed by atoms with van der Waals surface area (Å²) in [5.41, 5.74) is 2.03. The number of allylic oxidation sites excluding steroid dienone is 2. The van der Waals surface area contributed by atoms with E-state index in [1.807, 2.05) is 13.8 Å². The number of nitrogens with zero attached hydrogens (tertiary/aromatic N) is 1. The summed E-state index contributed by atoms with van der Waals surface area (Å²) in [6.07, 6.45) is -1.08. The Bertz CT molecular complexity index is 994. The van der Waals surface area contributed by atoms with E-state index in [0.29, 0.717) is 22.4 Å². The first kappa shape index (κ1) is 21.9. The molecule has 0 radical (unpaired) electrons. The third-order valence-corrected chi connectivity index (χ3v) is 6.86. The van der Waals surface area contributed by atoms with E-state index >= 15 is 0 Å². The van der Waals surface area contributed by atoms with Gasteiger partial charge in [-0.2, -0.15) is 4.90 Å². The molecule has 1 aromatic rings. The average Bonchev–Trinajstić information content (AvgIpc) is 2.96. The summed E-state index contributed by atoms with van der Waals surface area (Å²) in [7, 11) is -0.156. The van der Waals surface area contributed by atoms with E-state index in [4.69, 9.17) is 16.3 Å². The van der Waals surface area contributed by atoms with E-state index in [1.54, 1.807) is 6.07 Å². The van der Waals surface area contributed by atoms with Gasteiger partial charge in [-0.1, -0.05) is 37.1 Å². The molecule has 10 heteroatoms. The van der Waals surface area contributed by atoms with Crippen molar-refractivity contribution >= 4 is 36.6 Å². The maximum atomic E-state index is 13.1. The number of rotatable bonds is 2. The maximum absolute atomic E-state index is 13.1. The zero-order valence-corrected chi connectivity index (χ0v) is 18.1. The monoisotopic (exact) mass is 447 g/mol. The highest BCUT2D eigenvalue weighted by molar-refractivity contribution is 6.53. The van der Waals surface area contributed by atoms with Crippen LogP contribution in [0.15, 0.2) is 29.2 Å². The summed E-state index contributed by atoms with van der Waals surface area (Å²) in [6.45, 7) is 3.91. The molecule has 164 valence electrons. The second kappa shape index (κ2) is 7.96. The third-order valence-electron chi connectivity index (χ3n) is 6.53. The predicted molar refractivity (Wildman–Crippen MR) is 111 cm³/mol. The van der Waals surface area contributed by atoms with Gasteiger partial charge in [0.15, 0.2) is 0 Å². The summed E-state index contributed by atoms with van der Waals surface area (Å²) in [5, 5.41) is 20.8. The highest BCUT2D eigenvalue weighted by Crippen LogP contribution is 2.53. The number of imide groups is 3.